The van der Waals surface area contributed by atoms with Crippen molar-refractivity contribution in [2.24, 2.45) is 0 Å². The van der Waals surface area contributed by atoms with Gasteiger partial charge in [-0.1, -0.05) is 139 Å². The molecule has 9 rings (SSSR count). The monoisotopic (exact) mass is 594 g/mol. The molecule has 0 radical (unpaired) electrons. The van der Waals surface area contributed by atoms with Crippen LogP contribution in [0.3, 0.4) is 0 Å². The first-order valence-corrected chi connectivity index (χ1v) is 13.5. The van der Waals surface area contributed by atoms with Crippen molar-refractivity contribution in [1.29, 1.82) is 0 Å². The van der Waals surface area contributed by atoms with Crippen LogP contribution in [0.5, 0.6) is 0 Å². The molecule has 9 aromatic rings. The molecule has 0 aliphatic carbocycles. The zero-order valence-electron chi connectivity index (χ0n) is 41.7. The number of hydrogen-bond donors (Lipinski definition) is 0. The van der Waals surface area contributed by atoms with E-state index in [4.69, 9.17) is 27.7 Å². The van der Waals surface area contributed by atoms with Gasteiger partial charge in [-0.2, -0.15) is 0 Å². The lowest BCUT2D eigenvalue weighted by atomic mass is 9.92. The van der Waals surface area contributed by atoms with Crippen LogP contribution >= 0.6 is 0 Å². The Balaban J connectivity index is 1.48. The van der Waals surface area contributed by atoms with Crippen LogP contribution in [0.1, 0.15) is 26.0 Å². The Kier molecular flexibility index (Phi) is 2.93. The Morgan fingerprint density at radius 1 is 0.422 bits per heavy atom. The second-order valence-corrected chi connectivity index (χ2v) is 9.76. The Hall–Kier alpha value is -6.13. The molecule has 0 saturated heterocycles. The minimum Gasteiger partial charge on any atom is -0.456 e. The van der Waals surface area contributed by atoms with Crippen molar-refractivity contribution in [2.75, 3.05) is 0 Å². The number of aromatic nitrogens is 3. The van der Waals surface area contributed by atoms with Crippen LogP contribution < -0.4 is 0 Å². The molecule has 7 aromatic carbocycles. The third-order valence-electron chi connectivity index (χ3n) is 7.20. The van der Waals surface area contributed by atoms with Gasteiger partial charge in [0.1, 0.15) is 11.2 Å². The average Bonchev–Trinajstić information content (AvgIpc) is 3.68. The van der Waals surface area contributed by atoms with Crippen molar-refractivity contribution in [1.82, 2.24) is 15.0 Å². The second-order valence-electron chi connectivity index (χ2n) is 9.76. The predicted octanol–water partition coefficient (Wildman–Crippen LogP) is 10.7. The molecule has 45 heavy (non-hydrogen) atoms. The highest BCUT2D eigenvalue weighted by atomic mass is 16.3. The minimum absolute atomic E-state index is 0.137. The SMILES string of the molecule is [2H]c1cc2c(-c3c([2H])c([2H])c([2H])c4c([2H])c([2H])c([2H])c([2H])c34)c([2H])c([2H])c([2H])c2c(-c2nc(-c3ccccc3)nc(-c3c([2H])c([2H])c([2H])c4oc5c([2H])c([2H])c([2H])c([2H])c5c34)n2)c1[2H]. The lowest BCUT2D eigenvalue weighted by Gasteiger charge is -2.14. The number of hydrogen-bond acceptors (Lipinski definition) is 4. The van der Waals surface area contributed by atoms with E-state index in [2.05, 4.69) is 15.0 Å². The first-order valence-electron chi connectivity index (χ1n) is 23.0. The van der Waals surface area contributed by atoms with Crippen molar-refractivity contribution in [3.63, 3.8) is 0 Å². The van der Waals surface area contributed by atoms with Gasteiger partial charge < -0.3 is 4.42 Å². The quantitative estimate of drug-likeness (QED) is 0.203. The zero-order valence-corrected chi connectivity index (χ0v) is 22.7. The molecule has 4 heteroatoms. The lowest BCUT2D eigenvalue weighted by Crippen LogP contribution is -2.01. The molecule has 210 valence electrons. The zero-order chi connectivity index (χ0) is 46.3. The summed E-state index contributed by atoms with van der Waals surface area (Å²) in [5, 5.41) is -1.93. The van der Waals surface area contributed by atoms with Gasteiger partial charge in [0.2, 0.25) is 0 Å². The maximum absolute atomic E-state index is 9.26. The van der Waals surface area contributed by atoms with Gasteiger partial charge in [-0.05, 0) is 44.8 Å². The first-order chi connectivity index (χ1) is 30.2. The molecule has 4 nitrogen and oxygen atoms in total. The van der Waals surface area contributed by atoms with Gasteiger partial charge in [0.25, 0.3) is 0 Å². The molecule has 0 aliphatic rings. The molecule has 2 aromatic heterocycles. The number of benzene rings is 7. The van der Waals surface area contributed by atoms with Crippen molar-refractivity contribution in [3.8, 4) is 45.3 Å². The third kappa shape index (κ3) is 4.19. The molecule has 2 heterocycles. The van der Waals surface area contributed by atoms with Crippen LogP contribution in [0.2, 0.25) is 0 Å². The number of rotatable bonds is 4. The lowest BCUT2D eigenvalue weighted by molar-refractivity contribution is 0.669. The van der Waals surface area contributed by atoms with E-state index in [1.807, 2.05) is 0 Å². The van der Waals surface area contributed by atoms with Crippen molar-refractivity contribution in [3.05, 3.63) is 151 Å². The molecule has 0 N–H and O–H groups in total. The largest absolute Gasteiger partial charge is 0.456 e. The van der Waals surface area contributed by atoms with Crippen LogP contribution in [0.4, 0.5) is 0 Å². The van der Waals surface area contributed by atoms with E-state index in [1.165, 1.54) is 0 Å². The third-order valence-corrected chi connectivity index (χ3v) is 7.20. The van der Waals surface area contributed by atoms with Crippen molar-refractivity contribution >= 4 is 43.5 Å². The molecular formula is C41H25N3O. The van der Waals surface area contributed by atoms with Crippen LogP contribution in [-0.4, -0.2) is 15.0 Å². The Morgan fingerprint density at radius 2 is 1.02 bits per heavy atom. The Morgan fingerprint density at radius 3 is 1.91 bits per heavy atom. The summed E-state index contributed by atoms with van der Waals surface area (Å²) in [4.78, 5) is 13.9. The Labute approximate surface area is 286 Å². The van der Waals surface area contributed by atoms with Crippen LogP contribution in [0.15, 0.2) is 156 Å². The first kappa shape index (κ1) is 12.8. The summed E-state index contributed by atoms with van der Waals surface area (Å²) in [6.45, 7) is 0. The van der Waals surface area contributed by atoms with Crippen LogP contribution in [-0.2, 0) is 0 Å². The molecule has 0 atom stereocenters. The van der Waals surface area contributed by atoms with E-state index in [9.17, 15) is 2.74 Å². The standard InChI is InChI=1S/C41H25N3O/c1-2-13-27(14-3-1)39-42-40(44-41(43-39)35-23-11-25-37-38(35)34-17-6-7-24-36(34)45-37)33-22-10-20-31-30(19-9-21-32(31)33)29-18-8-15-26-12-4-5-16-28(26)29/h1-25H/i4D,5D,6D,7D,8D,9D,10D,11D,12D,15D,16D,17D,18D,19D,21D,22D,23D,24D,25D. The fourth-order valence-corrected chi connectivity index (χ4v) is 5.21. The summed E-state index contributed by atoms with van der Waals surface area (Å²) < 4.78 is 173. The van der Waals surface area contributed by atoms with E-state index in [1.54, 1.807) is 30.3 Å². The average molecular weight is 595 g/mol. The molecule has 0 saturated carbocycles. The highest BCUT2D eigenvalue weighted by Gasteiger charge is 2.19. The van der Waals surface area contributed by atoms with Gasteiger partial charge in [0.05, 0.1) is 26.0 Å². The fraction of sp³-hybridized carbons (Fsp3) is 0. The molecular weight excluding hydrogens is 550 g/mol. The van der Waals surface area contributed by atoms with Crippen LogP contribution in [0, 0.1) is 0 Å². The Bertz CT molecular complexity index is 3610. The van der Waals surface area contributed by atoms with Crippen molar-refractivity contribution < 1.29 is 30.5 Å². The molecule has 0 aliphatic heterocycles. The van der Waals surface area contributed by atoms with Crippen molar-refractivity contribution in [2.45, 2.75) is 0 Å². The highest BCUT2D eigenvalue weighted by molar-refractivity contribution is 6.12. The molecule has 0 unspecified atom stereocenters. The molecule has 0 spiro atoms. The number of nitrogens with zero attached hydrogens (tertiary/aromatic N) is 3. The van der Waals surface area contributed by atoms with Gasteiger partial charge in [-0.25, -0.2) is 15.0 Å². The topological polar surface area (TPSA) is 51.8 Å². The van der Waals surface area contributed by atoms with Gasteiger partial charge in [0.15, 0.2) is 17.5 Å². The summed E-state index contributed by atoms with van der Waals surface area (Å²) >= 11 is 0. The van der Waals surface area contributed by atoms with E-state index in [0.29, 0.717) is 5.56 Å². The van der Waals surface area contributed by atoms with E-state index in [-0.39, 0.29) is 44.1 Å². The van der Waals surface area contributed by atoms with Gasteiger partial charge in [-0.3, -0.25) is 0 Å². The highest BCUT2D eigenvalue weighted by Crippen LogP contribution is 2.39. The van der Waals surface area contributed by atoms with Gasteiger partial charge in [-0.15, -0.1) is 0 Å². The fourth-order valence-electron chi connectivity index (χ4n) is 5.21. The number of para-hydroxylation sites is 1. The van der Waals surface area contributed by atoms with Gasteiger partial charge >= 0.3 is 0 Å². The number of furan rings is 1. The summed E-state index contributed by atoms with van der Waals surface area (Å²) in [6, 6.07) is -3.74. The molecule has 0 bridgehead atoms. The maximum atomic E-state index is 9.26. The smallest absolute Gasteiger partial charge is 0.164 e. The summed E-state index contributed by atoms with van der Waals surface area (Å²) in [5.74, 6) is -1.03. The summed E-state index contributed by atoms with van der Waals surface area (Å²) in [6.07, 6.45) is 0. The summed E-state index contributed by atoms with van der Waals surface area (Å²) in [5.41, 5.74) is -2.06. The second kappa shape index (κ2) is 10.2. The molecule has 0 fully saturated rings. The molecule has 0 amide bonds. The normalized spacial score (nSPS) is 17.5. The minimum atomic E-state index is -0.799. The summed E-state index contributed by atoms with van der Waals surface area (Å²) in [7, 11) is 0. The van der Waals surface area contributed by atoms with Crippen LogP contribution in [0.25, 0.3) is 88.8 Å². The maximum Gasteiger partial charge on any atom is 0.164 e. The predicted molar refractivity (Wildman–Crippen MR) is 184 cm³/mol. The van der Waals surface area contributed by atoms with E-state index < -0.39 is 154 Å². The van der Waals surface area contributed by atoms with E-state index in [0.717, 1.165) is 6.07 Å². The van der Waals surface area contributed by atoms with E-state index >= 15 is 0 Å². The van der Waals surface area contributed by atoms with Gasteiger partial charge in [0, 0.05) is 27.5 Å². The number of fused-ring (bicyclic) bond motifs is 5.